The predicted octanol–water partition coefficient (Wildman–Crippen LogP) is 2.62. The smallest absolute Gasteiger partial charge is 0.224 e. The molecule has 5 nitrogen and oxygen atoms in total. The molecule has 2 unspecified atom stereocenters. The number of para-hydroxylation sites is 2. The molecule has 1 saturated carbocycles. The Bertz CT molecular complexity index is 760. The highest BCUT2D eigenvalue weighted by molar-refractivity contribution is 5.83. The normalized spacial score (nSPS) is 23.3. The molecule has 5 heteroatoms. The van der Waals surface area contributed by atoms with E-state index in [2.05, 4.69) is 28.2 Å². The van der Waals surface area contributed by atoms with Crippen LogP contribution >= 0.6 is 0 Å². The van der Waals surface area contributed by atoms with Gasteiger partial charge in [0, 0.05) is 12.5 Å². The molecule has 2 aliphatic rings. The van der Waals surface area contributed by atoms with Gasteiger partial charge in [0.15, 0.2) is 0 Å². The van der Waals surface area contributed by atoms with Gasteiger partial charge in [-0.3, -0.25) is 4.79 Å². The van der Waals surface area contributed by atoms with Crippen molar-refractivity contribution in [3.05, 3.63) is 30.1 Å². The highest BCUT2D eigenvalue weighted by Gasteiger charge is 2.57. The topological polar surface area (TPSA) is 59.0 Å². The molecule has 1 aliphatic carbocycles. The quantitative estimate of drug-likeness (QED) is 0.908. The minimum absolute atomic E-state index is 0.0655. The minimum atomic E-state index is -0.0655. The summed E-state index contributed by atoms with van der Waals surface area (Å²) in [6.45, 7) is 7.12. The van der Waals surface area contributed by atoms with Crippen LogP contribution in [-0.2, 0) is 11.3 Å². The number of aryl methyl sites for hydroxylation is 1. The van der Waals surface area contributed by atoms with Crippen molar-refractivity contribution in [1.29, 1.82) is 0 Å². The van der Waals surface area contributed by atoms with E-state index in [0.29, 0.717) is 0 Å². The molecule has 128 valence electrons. The van der Waals surface area contributed by atoms with Crippen LogP contribution in [0.4, 0.5) is 0 Å². The molecule has 0 radical (unpaired) electrons. The molecule has 24 heavy (non-hydrogen) atoms. The fourth-order valence-electron chi connectivity index (χ4n) is 4.33. The van der Waals surface area contributed by atoms with Crippen LogP contribution in [0.5, 0.6) is 0 Å². The lowest BCUT2D eigenvalue weighted by atomic mass is 9.91. The van der Waals surface area contributed by atoms with Gasteiger partial charge in [0.2, 0.25) is 5.91 Å². The number of hydrogen-bond acceptors (Lipinski definition) is 3. The summed E-state index contributed by atoms with van der Waals surface area (Å²) in [6.07, 6.45) is 3.32. The largest absolute Gasteiger partial charge is 0.346 e. The van der Waals surface area contributed by atoms with Gasteiger partial charge in [-0.1, -0.05) is 12.1 Å². The van der Waals surface area contributed by atoms with Crippen LogP contribution in [0.3, 0.4) is 0 Å². The first-order valence-corrected chi connectivity index (χ1v) is 9.11. The number of carbonyl (C=O) groups is 1. The lowest BCUT2D eigenvalue weighted by Crippen LogP contribution is -2.35. The third-order valence-electron chi connectivity index (χ3n) is 5.85. The number of nitrogens with zero attached hydrogens (tertiary/aromatic N) is 2. The van der Waals surface area contributed by atoms with E-state index in [4.69, 9.17) is 4.98 Å². The molecule has 0 bridgehead atoms. The summed E-state index contributed by atoms with van der Waals surface area (Å²) in [7, 11) is 0. The second-order valence-electron chi connectivity index (χ2n) is 7.30. The molecule has 1 spiro atoms. The number of imidazole rings is 1. The summed E-state index contributed by atoms with van der Waals surface area (Å²) < 4.78 is 2.20. The Balaban J connectivity index is 1.50. The average Bonchev–Trinajstić information content (AvgIpc) is 3.15. The monoisotopic (exact) mass is 326 g/mol. The maximum Gasteiger partial charge on any atom is 0.224 e. The van der Waals surface area contributed by atoms with Gasteiger partial charge < -0.3 is 15.2 Å². The van der Waals surface area contributed by atoms with Gasteiger partial charge in [-0.15, -0.1) is 0 Å². The second kappa shape index (κ2) is 5.88. The van der Waals surface area contributed by atoms with Crippen molar-refractivity contribution >= 4 is 16.9 Å². The zero-order chi connectivity index (χ0) is 16.7. The van der Waals surface area contributed by atoms with Crippen LogP contribution in [0.15, 0.2) is 24.3 Å². The van der Waals surface area contributed by atoms with E-state index in [-0.39, 0.29) is 23.3 Å². The molecule has 1 aromatic heterocycles. The summed E-state index contributed by atoms with van der Waals surface area (Å²) >= 11 is 0. The number of nitrogens with one attached hydrogen (secondary N) is 2. The molecule has 2 atom stereocenters. The molecular formula is C19H26N4O. The molecule has 2 heterocycles. The number of rotatable bonds is 4. The predicted molar refractivity (Wildman–Crippen MR) is 94.6 cm³/mol. The summed E-state index contributed by atoms with van der Waals surface area (Å²) in [5, 5.41) is 6.61. The van der Waals surface area contributed by atoms with E-state index in [9.17, 15) is 4.79 Å². The average molecular weight is 326 g/mol. The summed E-state index contributed by atoms with van der Waals surface area (Å²) in [5.74, 6) is 1.35. The Morgan fingerprint density at radius 1 is 1.42 bits per heavy atom. The molecule has 1 saturated heterocycles. The van der Waals surface area contributed by atoms with Crippen molar-refractivity contribution < 1.29 is 4.79 Å². The number of aromatic nitrogens is 2. The van der Waals surface area contributed by atoms with Crippen LogP contribution in [0.25, 0.3) is 11.0 Å². The number of hydrogen-bond donors (Lipinski definition) is 2. The Hall–Kier alpha value is -1.88. The van der Waals surface area contributed by atoms with Crippen LogP contribution < -0.4 is 10.6 Å². The molecule has 1 aliphatic heterocycles. The zero-order valence-corrected chi connectivity index (χ0v) is 14.5. The number of benzene rings is 1. The summed E-state index contributed by atoms with van der Waals surface area (Å²) in [6, 6.07) is 8.10. The maximum atomic E-state index is 12.7. The molecule has 2 aromatic rings. The van der Waals surface area contributed by atoms with Crippen molar-refractivity contribution in [3.8, 4) is 0 Å². The lowest BCUT2D eigenvalue weighted by molar-refractivity contribution is -0.124. The van der Waals surface area contributed by atoms with Crippen LogP contribution in [-0.4, -0.2) is 28.5 Å². The maximum absolute atomic E-state index is 12.7. The summed E-state index contributed by atoms with van der Waals surface area (Å²) in [5.41, 5.74) is 2.41. The van der Waals surface area contributed by atoms with Gasteiger partial charge in [-0.05, 0) is 63.7 Å². The van der Waals surface area contributed by atoms with Gasteiger partial charge in [-0.2, -0.15) is 0 Å². The first kappa shape index (κ1) is 15.6. The number of carbonyl (C=O) groups excluding carboxylic acids is 1. The fourth-order valence-corrected chi connectivity index (χ4v) is 4.33. The van der Waals surface area contributed by atoms with Crippen LogP contribution in [0, 0.1) is 11.3 Å². The molecule has 1 aromatic carbocycles. The van der Waals surface area contributed by atoms with E-state index in [1.807, 2.05) is 25.1 Å². The zero-order valence-electron chi connectivity index (χ0n) is 14.5. The Morgan fingerprint density at radius 2 is 2.17 bits per heavy atom. The second-order valence-corrected chi connectivity index (χ2v) is 7.30. The van der Waals surface area contributed by atoms with Crippen molar-refractivity contribution in [2.45, 2.75) is 45.7 Å². The first-order chi connectivity index (χ1) is 11.6. The van der Waals surface area contributed by atoms with E-state index < -0.39 is 0 Å². The molecule has 1 amide bonds. The van der Waals surface area contributed by atoms with Crippen molar-refractivity contribution in [3.63, 3.8) is 0 Å². The molecule has 2 N–H and O–H groups in total. The van der Waals surface area contributed by atoms with E-state index in [0.717, 1.165) is 55.8 Å². The van der Waals surface area contributed by atoms with E-state index in [1.54, 1.807) is 0 Å². The van der Waals surface area contributed by atoms with E-state index >= 15 is 0 Å². The van der Waals surface area contributed by atoms with E-state index in [1.165, 1.54) is 0 Å². The first-order valence-electron chi connectivity index (χ1n) is 9.11. The highest BCUT2D eigenvalue weighted by atomic mass is 16.2. The Labute approximate surface area is 142 Å². The number of piperidine rings is 1. The third-order valence-corrected chi connectivity index (χ3v) is 5.85. The van der Waals surface area contributed by atoms with Crippen molar-refractivity contribution in [1.82, 2.24) is 20.2 Å². The van der Waals surface area contributed by atoms with Gasteiger partial charge in [0.25, 0.3) is 0 Å². The standard InChI is InChI=1S/C19H26N4O/c1-3-23-16-7-5-4-6-15(16)22-17(23)13(2)21-18(24)14-12-19(14)8-10-20-11-9-19/h4-7,13-14,20H,3,8-12H2,1-2H3,(H,21,24). The van der Waals surface area contributed by atoms with Gasteiger partial charge in [-0.25, -0.2) is 4.98 Å². The summed E-state index contributed by atoms with van der Waals surface area (Å²) in [4.78, 5) is 17.5. The Morgan fingerprint density at radius 3 is 2.92 bits per heavy atom. The van der Waals surface area contributed by atoms with Gasteiger partial charge in [0.05, 0.1) is 17.1 Å². The third kappa shape index (κ3) is 2.51. The minimum Gasteiger partial charge on any atom is -0.346 e. The highest BCUT2D eigenvalue weighted by Crippen LogP contribution is 2.58. The van der Waals surface area contributed by atoms with Crippen molar-refractivity contribution in [2.75, 3.05) is 13.1 Å². The van der Waals surface area contributed by atoms with Gasteiger partial charge >= 0.3 is 0 Å². The number of amides is 1. The van der Waals surface area contributed by atoms with Crippen LogP contribution in [0.1, 0.15) is 45.0 Å². The molecular weight excluding hydrogens is 300 g/mol. The molecule has 4 rings (SSSR count). The van der Waals surface area contributed by atoms with Crippen molar-refractivity contribution in [2.24, 2.45) is 11.3 Å². The number of fused-ring (bicyclic) bond motifs is 1. The molecule has 2 fully saturated rings. The fraction of sp³-hybridized carbons (Fsp3) is 0.579. The lowest BCUT2D eigenvalue weighted by Gasteiger charge is -2.23. The van der Waals surface area contributed by atoms with Crippen LogP contribution in [0.2, 0.25) is 0 Å². The SMILES string of the molecule is CCn1c(C(C)NC(=O)C2CC23CCNCC3)nc2ccccc21. The Kier molecular flexibility index (Phi) is 3.83. The van der Waals surface area contributed by atoms with Gasteiger partial charge in [0.1, 0.15) is 5.82 Å².